The number of rotatable bonds is 4. The monoisotopic (exact) mass is 360 g/mol. The molecule has 1 aromatic rings. The van der Waals surface area contributed by atoms with Crippen molar-refractivity contribution in [2.24, 2.45) is 7.05 Å². The van der Waals surface area contributed by atoms with Crippen molar-refractivity contribution < 1.29 is 29.0 Å². The largest absolute Gasteiger partial charge is 0.466 e. The standard InChI is InChI=1S/C18H20N2O6/c1-9-14(20-7-8-20)17(23)13-12(18(24)26-4)10(5-6-11(21)25-3)19(2)15(13)16(9)22/h5-6,17,23H,7-8H2,1-4H3/b6-5+. The molecule has 0 bridgehead atoms. The summed E-state index contributed by atoms with van der Waals surface area (Å²) in [5.74, 6) is -1.56. The molecule has 0 saturated carbocycles. The Morgan fingerprint density at radius 3 is 2.42 bits per heavy atom. The number of Topliss-reactive ketones (excluding diaryl/α,β-unsaturated/α-hetero) is 1. The summed E-state index contributed by atoms with van der Waals surface area (Å²) in [5.41, 5.74) is 1.74. The van der Waals surface area contributed by atoms with Gasteiger partial charge in [-0.3, -0.25) is 4.79 Å². The van der Waals surface area contributed by atoms with Gasteiger partial charge in [-0.05, 0) is 13.0 Å². The normalized spacial score (nSPS) is 19.0. The zero-order valence-corrected chi connectivity index (χ0v) is 15.0. The Balaban J connectivity index is 2.24. The van der Waals surface area contributed by atoms with E-state index in [0.717, 1.165) is 19.2 Å². The highest BCUT2D eigenvalue weighted by molar-refractivity contribution is 6.13. The van der Waals surface area contributed by atoms with Crippen LogP contribution in [-0.2, 0) is 21.3 Å². The number of aliphatic hydroxyl groups excluding tert-OH is 1. The Kier molecular flexibility index (Phi) is 4.45. The molecule has 138 valence electrons. The molecular formula is C18H20N2O6. The van der Waals surface area contributed by atoms with Crippen LogP contribution in [0.3, 0.4) is 0 Å². The molecule has 0 aromatic carbocycles. The molecule has 2 heterocycles. The fraction of sp³-hybridized carbons (Fsp3) is 0.389. The number of hydrogen-bond acceptors (Lipinski definition) is 7. The Bertz CT molecular complexity index is 873. The molecular weight excluding hydrogens is 340 g/mol. The molecule has 1 fully saturated rings. The fourth-order valence-electron chi connectivity index (χ4n) is 3.33. The number of carbonyl (C=O) groups is 3. The van der Waals surface area contributed by atoms with Crippen molar-refractivity contribution in [1.29, 1.82) is 0 Å². The highest BCUT2D eigenvalue weighted by Crippen LogP contribution is 2.42. The SMILES string of the molecule is COC(=O)/C=C/c1c(C(=O)OC)c2c(n1C)C(=O)C(C)=C(N1CC1)C2O. The molecule has 1 aliphatic carbocycles. The molecule has 1 atom stereocenters. The van der Waals surface area contributed by atoms with E-state index in [1.807, 2.05) is 4.90 Å². The number of carbonyl (C=O) groups excluding carboxylic acids is 3. The maximum absolute atomic E-state index is 12.9. The summed E-state index contributed by atoms with van der Waals surface area (Å²) >= 11 is 0. The lowest BCUT2D eigenvalue weighted by Gasteiger charge is -2.25. The summed E-state index contributed by atoms with van der Waals surface area (Å²) in [5, 5.41) is 10.9. The average Bonchev–Trinajstić information content (AvgIpc) is 3.41. The van der Waals surface area contributed by atoms with E-state index in [1.165, 1.54) is 24.9 Å². The van der Waals surface area contributed by atoms with E-state index in [9.17, 15) is 19.5 Å². The summed E-state index contributed by atoms with van der Waals surface area (Å²) in [6.45, 7) is 3.17. The topological polar surface area (TPSA) is 97.8 Å². The third-order valence-electron chi connectivity index (χ3n) is 4.71. The second-order valence-corrected chi connectivity index (χ2v) is 6.16. The number of methoxy groups -OCH3 is 2. The van der Waals surface area contributed by atoms with Crippen LogP contribution in [0.15, 0.2) is 17.3 Å². The van der Waals surface area contributed by atoms with Gasteiger partial charge in [-0.2, -0.15) is 0 Å². The minimum absolute atomic E-state index is 0.0675. The number of ether oxygens (including phenoxy) is 2. The molecule has 1 unspecified atom stereocenters. The van der Waals surface area contributed by atoms with Gasteiger partial charge in [-0.15, -0.1) is 0 Å². The van der Waals surface area contributed by atoms with Crippen LogP contribution in [0.5, 0.6) is 0 Å². The predicted octanol–water partition coefficient (Wildman–Crippen LogP) is 0.817. The highest BCUT2D eigenvalue weighted by Gasteiger charge is 2.42. The number of allylic oxidation sites excluding steroid dienone is 1. The van der Waals surface area contributed by atoms with Crippen molar-refractivity contribution in [1.82, 2.24) is 9.47 Å². The van der Waals surface area contributed by atoms with Crippen LogP contribution in [0.1, 0.15) is 45.1 Å². The van der Waals surface area contributed by atoms with Crippen LogP contribution in [0.4, 0.5) is 0 Å². The molecule has 0 radical (unpaired) electrons. The van der Waals surface area contributed by atoms with Crippen LogP contribution in [-0.4, -0.2) is 59.6 Å². The predicted molar refractivity (Wildman–Crippen MR) is 91.4 cm³/mol. The number of fused-ring (bicyclic) bond motifs is 1. The van der Waals surface area contributed by atoms with Gasteiger partial charge in [0.2, 0.25) is 5.78 Å². The Morgan fingerprint density at radius 1 is 1.23 bits per heavy atom. The first-order valence-corrected chi connectivity index (χ1v) is 8.08. The summed E-state index contributed by atoms with van der Waals surface area (Å²) < 4.78 is 10.9. The number of hydrogen-bond donors (Lipinski definition) is 1. The lowest BCUT2D eigenvalue weighted by Crippen LogP contribution is -2.25. The number of esters is 2. The van der Waals surface area contributed by atoms with Gasteiger partial charge in [0.05, 0.1) is 36.9 Å². The fourth-order valence-corrected chi connectivity index (χ4v) is 3.33. The quantitative estimate of drug-likeness (QED) is 0.482. The molecule has 1 saturated heterocycles. The van der Waals surface area contributed by atoms with Gasteiger partial charge in [-0.25, -0.2) is 9.59 Å². The summed E-state index contributed by atoms with van der Waals surface area (Å²) in [4.78, 5) is 38.7. The van der Waals surface area contributed by atoms with Gasteiger partial charge in [0.15, 0.2) is 0 Å². The van der Waals surface area contributed by atoms with Gasteiger partial charge in [0.25, 0.3) is 0 Å². The first kappa shape index (κ1) is 17.9. The van der Waals surface area contributed by atoms with E-state index in [2.05, 4.69) is 4.74 Å². The molecule has 0 spiro atoms. The van der Waals surface area contributed by atoms with E-state index >= 15 is 0 Å². The van der Waals surface area contributed by atoms with Crippen LogP contribution in [0.2, 0.25) is 0 Å². The lowest BCUT2D eigenvalue weighted by molar-refractivity contribution is -0.134. The maximum atomic E-state index is 12.9. The lowest BCUT2D eigenvalue weighted by atomic mass is 9.89. The first-order chi connectivity index (χ1) is 12.3. The molecule has 1 N–H and O–H groups in total. The number of aromatic nitrogens is 1. The first-order valence-electron chi connectivity index (χ1n) is 8.08. The van der Waals surface area contributed by atoms with E-state index in [-0.39, 0.29) is 22.6 Å². The summed E-state index contributed by atoms with van der Waals surface area (Å²) in [6, 6.07) is 0. The third kappa shape index (κ3) is 2.62. The molecule has 3 rings (SSSR count). The smallest absolute Gasteiger partial charge is 0.340 e. The van der Waals surface area contributed by atoms with E-state index in [0.29, 0.717) is 17.0 Å². The van der Waals surface area contributed by atoms with Crippen LogP contribution in [0.25, 0.3) is 6.08 Å². The van der Waals surface area contributed by atoms with Crippen molar-refractivity contribution in [3.63, 3.8) is 0 Å². The van der Waals surface area contributed by atoms with E-state index < -0.39 is 18.0 Å². The average molecular weight is 360 g/mol. The van der Waals surface area contributed by atoms with Crippen molar-refractivity contribution in [3.8, 4) is 0 Å². The van der Waals surface area contributed by atoms with Crippen LogP contribution >= 0.6 is 0 Å². The van der Waals surface area contributed by atoms with Gasteiger partial charge in [0, 0.05) is 37.3 Å². The highest BCUT2D eigenvalue weighted by atomic mass is 16.5. The maximum Gasteiger partial charge on any atom is 0.340 e. The number of aliphatic hydroxyl groups is 1. The minimum Gasteiger partial charge on any atom is -0.466 e. The second-order valence-electron chi connectivity index (χ2n) is 6.16. The molecule has 8 heteroatoms. The molecule has 0 amide bonds. The Hall–Kier alpha value is -2.87. The van der Waals surface area contributed by atoms with Crippen molar-refractivity contribution >= 4 is 23.8 Å². The molecule has 8 nitrogen and oxygen atoms in total. The second kappa shape index (κ2) is 6.45. The van der Waals surface area contributed by atoms with Crippen LogP contribution in [0, 0.1) is 0 Å². The molecule has 1 aliphatic heterocycles. The van der Waals surface area contributed by atoms with Crippen molar-refractivity contribution in [2.45, 2.75) is 13.0 Å². The van der Waals surface area contributed by atoms with Gasteiger partial charge in [-0.1, -0.05) is 0 Å². The van der Waals surface area contributed by atoms with Crippen molar-refractivity contribution in [2.75, 3.05) is 27.3 Å². The minimum atomic E-state index is -1.12. The molecule has 1 aromatic heterocycles. The molecule has 2 aliphatic rings. The Morgan fingerprint density at radius 2 is 1.88 bits per heavy atom. The molecule has 26 heavy (non-hydrogen) atoms. The van der Waals surface area contributed by atoms with Gasteiger partial charge >= 0.3 is 11.9 Å². The van der Waals surface area contributed by atoms with Crippen molar-refractivity contribution in [3.05, 3.63) is 39.9 Å². The summed E-state index contributed by atoms with van der Waals surface area (Å²) in [6.07, 6.45) is 1.41. The van der Waals surface area contributed by atoms with E-state index in [4.69, 9.17) is 4.74 Å². The number of nitrogens with zero attached hydrogens (tertiary/aromatic N) is 2. The zero-order chi connectivity index (χ0) is 19.2. The van der Waals surface area contributed by atoms with E-state index in [1.54, 1.807) is 14.0 Å². The Labute approximate surface area is 150 Å². The number of ketones is 1. The van der Waals surface area contributed by atoms with Gasteiger partial charge in [0.1, 0.15) is 6.10 Å². The zero-order valence-electron chi connectivity index (χ0n) is 15.0. The van der Waals surface area contributed by atoms with Crippen LogP contribution < -0.4 is 0 Å². The third-order valence-corrected chi connectivity index (χ3v) is 4.71. The summed E-state index contributed by atoms with van der Waals surface area (Å²) in [7, 11) is 4.06. The van der Waals surface area contributed by atoms with Gasteiger partial charge < -0.3 is 24.0 Å².